The summed E-state index contributed by atoms with van der Waals surface area (Å²) in [6, 6.07) is 1.81. The van der Waals surface area contributed by atoms with Crippen molar-refractivity contribution in [3.8, 4) is 0 Å². The van der Waals surface area contributed by atoms with Gasteiger partial charge < -0.3 is 14.5 Å². The molecule has 3 rings (SSSR count). The molecule has 0 aliphatic carbocycles. The maximum atomic E-state index is 12.6. The number of fused-ring (bicyclic) bond motifs is 1. The molecule has 6 nitrogen and oxygen atoms in total. The summed E-state index contributed by atoms with van der Waals surface area (Å²) in [7, 11) is 0. The molecule has 2 aliphatic rings. The third-order valence-electron chi connectivity index (χ3n) is 4.18. The second-order valence-corrected chi connectivity index (χ2v) is 5.25. The average molecular weight is 276 g/mol. The topological polar surface area (TPSA) is 58.6 Å². The molecule has 0 unspecified atom stereocenters. The van der Waals surface area contributed by atoms with Gasteiger partial charge >= 0.3 is 0 Å². The Morgan fingerprint density at radius 1 is 1.50 bits per heavy atom. The molecule has 1 aromatic rings. The average Bonchev–Trinajstić information content (AvgIpc) is 2.54. The highest BCUT2D eigenvalue weighted by Gasteiger charge is 2.39. The Bertz CT molecular complexity index is 468. The number of carbonyl (C=O) groups is 1. The highest BCUT2D eigenvalue weighted by molar-refractivity contribution is 5.92. The first-order valence-electron chi connectivity index (χ1n) is 7.20. The lowest BCUT2D eigenvalue weighted by Gasteiger charge is -2.46. The molecule has 2 aliphatic heterocycles. The van der Waals surface area contributed by atoms with Gasteiger partial charge in [0.05, 0.1) is 18.8 Å². The van der Waals surface area contributed by atoms with Gasteiger partial charge in [0.1, 0.15) is 12.0 Å². The lowest BCUT2D eigenvalue weighted by molar-refractivity contribution is -0.0897. The van der Waals surface area contributed by atoms with E-state index in [1.165, 1.54) is 6.33 Å². The van der Waals surface area contributed by atoms with Crippen molar-refractivity contribution in [3.63, 3.8) is 0 Å². The van der Waals surface area contributed by atoms with Gasteiger partial charge in [-0.05, 0) is 19.0 Å². The molecule has 2 atom stereocenters. The van der Waals surface area contributed by atoms with Crippen LogP contribution in [0.4, 0.5) is 0 Å². The van der Waals surface area contributed by atoms with Crippen molar-refractivity contribution in [1.29, 1.82) is 0 Å². The number of carbonyl (C=O) groups excluding carboxylic acids is 1. The van der Waals surface area contributed by atoms with Crippen molar-refractivity contribution in [2.75, 3.05) is 32.8 Å². The van der Waals surface area contributed by atoms with E-state index in [2.05, 4.69) is 21.8 Å². The summed E-state index contributed by atoms with van der Waals surface area (Å²) >= 11 is 0. The van der Waals surface area contributed by atoms with Gasteiger partial charge in [0.15, 0.2) is 0 Å². The Balaban J connectivity index is 1.79. The predicted octanol–water partition coefficient (Wildman–Crippen LogP) is 0.412. The summed E-state index contributed by atoms with van der Waals surface area (Å²) in [5.74, 6) is -0.0105. The number of rotatable bonds is 2. The van der Waals surface area contributed by atoms with Gasteiger partial charge in [-0.25, -0.2) is 9.97 Å². The summed E-state index contributed by atoms with van der Waals surface area (Å²) in [6.07, 6.45) is 4.19. The third-order valence-corrected chi connectivity index (χ3v) is 4.18. The van der Waals surface area contributed by atoms with Crippen LogP contribution in [0.25, 0.3) is 0 Å². The van der Waals surface area contributed by atoms with Crippen molar-refractivity contribution >= 4 is 5.91 Å². The number of aromatic nitrogens is 2. The van der Waals surface area contributed by atoms with E-state index in [0.29, 0.717) is 18.8 Å². The van der Waals surface area contributed by atoms with E-state index in [0.717, 1.165) is 26.1 Å². The molecular weight excluding hydrogens is 256 g/mol. The highest BCUT2D eigenvalue weighted by atomic mass is 16.5. The highest BCUT2D eigenvalue weighted by Crippen LogP contribution is 2.24. The number of morpholine rings is 1. The van der Waals surface area contributed by atoms with Gasteiger partial charge in [-0.1, -0.05) is 6.92 Å². The summed E-state index contributed by atoms with van der Waals surface area (Å²) < 4.78 is 5.84. The standard InChI is InChI=1S/C14H20N4O2/c1-2-17-6-4-13-12(9-17)18(7-8-20-13)14(19)11-3-5-15-10-16-11/h3,5,10,12-13H,2,4,6-9H2,1H3/t12-,13+/m0/s1. The number of piperidine rings is 1. The maximum Gasteiger partial charge on any atom is 0.273 e. The molecule has 0 N–H and O–H groups in total. The number of likely N-dealkylation sites (N-methyl/N-ethyl adjacent to an activating group) is 1. The van der Waals surface area contributed by atoms with E-state index in [4.69, 9.17) is 4.74 Å². The monoisotopic (exact) mass is 276 g/mol. The van der Waals surface area contributed by atoms with Gasteiger partial charge in [0.25, 0.3) is 5.91 Å². The van der Waals surface area contributed by atoms with Crippen LogP contribution in [-0.4, -0.2) is 70.6 Å². The third kappa shape index (κ3) is 2.53. The minimum Gasteiger partial charge on any atom is -0.374 e. The summed E-state index contributed by atoms with van der Waals surface area (Å²) in [6.45, 7) is 6.36. The molecule has 1 aromatic heterocycles. The van der Waals surface area contributed by atoms with E-state index >= 15 is 0 Å². The zero-order chi connectivity index (χ0) is 13.9. The number of likely N-dealkylation sites (tertiary alicyclic amines) is 1. The number of ether oxygens (including phenoxy) is 1. The van der Waals surface area contributed by atoms with Crippen molar-refractivity contribution in [2.24, 2.45) is 0 Å². The minimum absolute atomic E-state index is 0.0105. The SMILES string of the molecule is CCN1CC[C@H]2OCCN(C(=O)c3ccncn3)[C@H]2C1. The van der Waals surface area contributed by atoms with Crippen LogP contribution in [0.2, 0.25) is 0 Å². The fourth-order valence-electron chi connectivity index (χ4n) is 3.04. The fraction of sp³-hybridized carbons (Fsp3) is 0.643. The van der Waals surface area contributed by atoms with E-state index in [9.17, 15) is 4.79 Å². The first-order chi connectivity index (χ1) is 9.79. The van der Waals surface area contributed by atoms with E-state index < -0.39 is 0 Å². The summed E-state index contributed by atoms with van der Waals surface area (Å²) in [5.41, 5.74) is 0.467. The lowest BCUT2D eigenvalue weighted by atomic mass is 9.98. The first kappa shape index (κ1) is 13.5. The Morgan fingerprint density at radius 2 is 2.40 bits per heavy atom. The predicted molar refractivity (Wildman–Crippen MR) is 73.3 cm³/mol. The Hall–Kier alpha value is -1.53. The van der Waals surface area contributed by atoms with Gasteiger partial charge in [-0.15, -0.1) is 0 Å². The summed E-state index contributed by atoms with van der Waals surface area (Å²) in [5, 5.41) is 0. The fourth-order valence-corrected chi connectivity index (χ4v) is 3.04. The van der Waals surface area contributed by atoms with Crippen LogP contribution in [0, 0.1) is 0 Å². The van der Waals surface area contributed by atoms with Gasteiger partial charge in [0.2, 0.25) is 0 Å². The van der Waals surface area contributed by atoms with Crippen molar-refractivity contribution < 1.29 is 9.53 Å². The number of hydrogen-bond acceptors (Lipinski definition) is 5. The maximum absolute atomic E-state index is 12.6. The Morgan fingerprint density at radius 3 is 3.15 bits per heavy atom. The zero-order valence-electron chi connectivity index (χ0n) is 11.7. The molecule has 0 aromatic carbocycles. The van der Waals surface area contributed by atoms with Crippen LogP contribution in [-0.2, 0) is 4.74 Å². The van der Waals surface area contributed by atoms with E-state index in [1.54, 1.807) is 12.3 Å². The number of hydrogen-bond donors (Lipinski definition) is 0. The Kier molecular flexibility index (Phi) is 3.93. The molecule has 6 heteroatoms. The van der Waals surface area contributed by atoms with Crippen LogP contribution in [0.5, 0.6) is 0 Å². The molecule has 3 heterocycles. The summed E-state index contributed by atoms with van der Waals surface area (Å²) in [4.78, 5) is 24.9. The Labute approximate surface area is 118 Å². The molecule has 1 amide bonds. The van der Waals surface area contributed by atoms with Gasteiger partial charge in [-0.3, -0.25) is 4.79 Å². The van der Waals surface area contributed by atoms with Crippen molar-refractivity contribution in [3.05, 3.63) is 24.3 Å². The van der Waals surface area contributed by atoms with Crippen LogP contribution in [0.1, 0.15) is 23.8 Å². The van der Waals surface area contributed by atoms with Crippen molar-refractivity contribution in [2.45, 2.75) is 25.5 Å². The minimum atomic E-state index is -0.0105. The lowest BCUT2D eigenvalue weighted by Crippen LogP contribution is -2.61. The van der Waals surface area contributed by atoms with Crippen LogP contribution < -0.4 is 0 Å². The molecule has 0 saturated carbocycles. The molecule has 2 saturated heterocycles. The number of nitrogens with zero attached hydrogens (tertiary/aromatic N) is 4. The molecule has 0 spiro atoms. The quantitative estimate of drug-likeness (QED) is 0.783. The molecular formula is C14H20N4O2. The van der Waals surface area contributed by atoms with Crippen LogP contribution in [0.3, 0.4) is 0 Å². The van der Waals surface area contributed by atoms with Crippen molar-refractivity contribution in [1.82, 2.24) is 19.8 Å². The number of amides is 1. The first-order valence-corrected chi connectivity index (χ1v) is 7.20. The second-order valence-electron chi connectivity index (χ2n) is 5.25. The van der Waals surface area contributed by atoms with E-state index in [1.807, 2.05) is 4.90 Å². The smallest absolute Gasteiger partial charge is 0.273 e. The normalized spacial score (nSPS) is 27.1. The molecule has 108 valence electrons. The molecule has 2 fully saturated rings. The second kappa shape index (κ2) is 5.85. The van der Waals surface area contributed by atoms with E-state index in [-0.39, 0.29) is 18.1 Å². The van der Waals surface area contributed by atoms with Gasteiger partial charge in [0, 0.05) is 25.8 Å². The molecule has 0 bridgehead atoms. The van der Waals surface area contributed by atoms with Crippen LogP contribution >= 0.6 is 0 Å². The molecule has 0 radical (unpaired) electrons. The largest absolute Gasteiger partial charge is 0.374 e. The molecule has 20 heavy (non-hydrogen) atoms. The zero-order valence-corrected chi connectivity index (χ0v) is 11.7. The van der Waals surface area contributed by atoms with Gasteiger partial charge in [-0.2, -0.15) is 0 Å². The van der Waals surface area contributed by atoms with Crippen LogP contribution in [0.15, 0.2) is 18.6 Å².